The maximum atomic E-state index is 13.7. The topological polar surface area (TPSA) is 116 Å². The predicted molar refractivity (Wildman–Crippen MR) is 142 cm³/mol. The van der Waals surface area contributed by atoms with Gasteiger partial charge in [0.15, 0.2) is 17.3 Å². The Kier molecular flexibility index (Phi) is 7.59. The van der Waals surface area contributed by atoms with Gasteiger partial charge in [0.2, 0.25) is 0 Å². The molecule has 3 fully saturated rings. The van der Waals surface area contributed by atoms with E-state index in [2.05, 4.69) is 0 Å². The van der Waals surface area contributed by atoms with Crippen LogP contribution in [0.5, 0.6) is 17.2 Å². The van der Waals surface area contributed by atoms with Crippen LogP contribution in [-0.4, -0.2) is 75.3 Å². The van der Waals surface area contributed by atoms with Gasteiger partial charge in [0.25, 0.3) is 0 Å². The molecule has 0 aromatic heterocycles. The molecule has 0 aliphatic carbocycles. The number of benzene rings is 3. The van der Waals surface area contributed by atoms with Gasteiger partial charge >= 0.3 is 0 Å². The van der Waals surface area contributed by atoms with E-state index >= 15 is 0 Å². The standard InChI is InChI=1S/C31H28O9/c32-29(19-1-7-22(8-2-19)35-13-25-16-38-25)28(30(33)20-3-9-23(10-4-20)36-14-26-17-39-26)31(34)21-5-11-24(12-6-21)37-15-27-18-40-27/h1-12,25-28H,13-18H2. The summed E-state index contributed by atoms with van der Waals surface area (Å²) in [7, 11) is 0. The molecule has 0 bridgehead atoms. The van der Waals surface area contributed by atoms with Gasteiger partial charge in [0.1, 0.15) is 61.3 Å². The van der Waals surface area contributed by atoms with Crippen molar-refractivity contribution in [2.45, 2.75) is 18.3 Å². The Morgan fingerprint density at radius 1 is 0.525 bits per heavy atom. The Morgan fingerprint density at radius 2 is 0.775 bits per heavy atom. The minimum absolute atomic E-state index is 0.0959. The Bertz CT molecular complexity index is 1180. The fraction of sp³-hybridized carbons (Fsp3) is 0.323. The van der Waals surface area contributed by atoms with Crippen LogP contribution in [0, 0.1) is 5.92 Å². The van der Waals surface area contributed by atoms with E-state index in [4.69, 9.17) is 28.4 Å². The van der Waals surface area contributed by atoms with Gasteiger partial charge in [-0.2, -0.15) is 0 Å². The molecule has 3 aromatic rings. The van der Waals surface area contributed by atoms with Crippen LogP contribution in [0.1, 0.15) is 31.1 Å². The molecule has 0 amide bonds. The monoisotopic (exact) mass is 544 g/mol. The maximum Gasteiger partial charge on any atom is 0.181 e. The highest BCUT2D eigenvalue weighted by Gasteiger charge is 2.36. The van der Waals surface area contributed by atoms with E-state index < -0.39 is 23.3 Å². The molecule has 3 unspecified atom stereocenters. The van der Waals surface area contributed by atoms with Crippen molar-refractivity contribution in [1.82, 2.24) is 0 Å². The van der Waals surface area contributed by atoms with Crippen molar-refractivity contribution in [2.75, 3.05) is 39.6 Å². The molecule has 3 aliphatic heterocycles. The molecule has 3 heterocycles. The van der Waals surface area contributed by atoms with E-state index in [1.54, 1.807) is 72.8 Å². The van der Waals surface area contributed by atoms with Crippen LogP contribution >= 0.6 is 0 Å². The van der Waals surface area contributed by atoms with Crippen molar-refractivity contribution in [3.63, 3.8) is 0 Å². The van der Waals surface area contributed by atoms with Crippen molar-refractivity contribution in [1.29, 1.82) is 0 Å². The third-order valence-electron chi connectivity index (χ3n) is 6.72. The lowest BCUT2D eigenvalue weighted by atomic mass is 9.84. The van der Waals surface area contributed by atoms with Gasteiger partial charge in [-0.25, -0.2) is 0 Å². The molecule has 3 saturated heterocycles. The SMILES string of the molecule is O=C(c1ccc(OCC2CO2)cc1)C(C(=O)c1ccc(OCC2CO2)cc1)C(=O)c1ccc(OCC2CO2)cc1. The van der Waals surface area contributed by atoms with Crippen LogP contribution in [0.3, 0.4) is 0 Å². The summed E-state index contributed by atoms with van der Waals surface area (Å²) in [5, 5.41) is 0. The van der Waals surface area contributed by atoms with Crippen LogP contribution in [0.15, 0.2) is 72.8 Å². The molecule has 9 nitrogen and oxygen atoms in total. The van der Waals surface area contributed by atoms with Crippen LogP contribution in [0.4, 0.5) is 0 Å². The van der Waals surface area contributed by atoms with Gasteiger partial charge in [-0.1, -0.05) is 0 Å². The number of carbonyl (C=O) groups excluding carboxylic acids is 3. The normalized spacial score (nSPS) is 21.1. The van der Waals surface area contributed by atoms with Crippen molar-refractivity contribution in [2.24, 2.45) is 5.92 Å². The summed E-state index contributed by atoms with van der Waals surface area (Å²) in [6, 6.07) is 19.2. The first-order valence-corrected chi connectivity index (χ1v) is 13.2. The number of hydrogen-bond donors (Lipinski definition) is 0. The number of hydrogen-bond acceptors (Lipinski definition) is 9. The zero-order chi connectivity index (χ0) is 27.5. The fourth-order valence-corrected chi connectivity index (χ4v) is 4.06. The molecule has 0 N–H and O–H groups in total. The van der Waals surface area contributed by atoms with Crippen LogP contribution in [-0.2, 0) is 14.2 Å². The second-order valence-electron chi connectivity index (χ2n) is 9.90. The molecule has 40 heavy (non-hydrogen) atoms. The maximum absolute atomic E-state index is 13.7. The van der Waals surface area contributed by atoms with Crippen LogP contribution in [0.25, 0.3) is 0 Å². The van der Waals surface area contributed by atoms with Crippen molar-refractivity contribution in [3.05, 3.63) is 89.5 Å². The molecule has 0 spiro atoms. The van der Waals surface area contributed by atoms with Crippen LogP contribution in [0.2, 0.25) is 0 Å². The van der Waals surface area contributed by atoms with E-state index in [0.717, 1.165) is 0 Å². The molecule has 3 aromatic carbocycles. The highest BCUT2D eigenvalue weighted by molar-refractivity contribution is 6.31. The van der Waals surface area contributed by atoms with Gasteiger partial charge in [0.05, 0.1) is 19.8 Å². The molecular weight excluding hydrogens is 516 g/mol. The van der Waals surface area contributed by atoms with Crippen molar-refractivity contribution in [3.8, 4) is 17.2 Å². The summed E-state index contributed by atoms with van der Waals surface area (Å²) in [6.07, 6.45) is 0.288. The molecule has 206 valence electrons. The van der Waals surface area contributed by atoms with Crippen molar-refractivity contribution < 1.29 is 42.8 Å². The van der Waals surface area contributed by atoms with Gasteiger partial charge in [-0.3, -0.25) is 14.4 Å². The van der Waals surface area contributed by atoms with E-state index in [9.17, 15) is 14.4 Å². The minimum Gasteiger partial charge on any atom is -0.491 e. The summed E-state index contributed by atoms with van der Waals surface area (Å²) >= 11 is 0. The van der Waals surface area contributed by atoms with E-state index in [1.807, 2.05) is 0 Å². The van der Waals surface area contributed by atoms with Gasteiger partial charge in [0, 0.05) is 16.7 Å². The number of rotatable bonds is 15. The number of Topliss-reactive ketones (excluding diaryl/α,β-unsaturated/α-hetero) is 3. The Labute approximate surface area is 230 Å². The lowest BCUT2D eigenvalue weighted by Crippen LogP contribution is -2.32. The van der Waals surface area contributed by atoms with E-state index in [1.165, 1.54) is 0 Å². The lowest BCUT2D eigenvalue weighted by molar-refractivity contribution is 0.0733. The summed E-state index contributed by atoms with van der Waals surface area (Å²) in [6.45, 7) is 3.29. The van der Waals surface area contributed by atoms with E-state index in [0.29, 0.717) is 56.9 Å². The molecular formula is C31H28O9. The highest BCUT2D eigenvalue weighted by atomic mass is 16.6. The largest absolute Gasteiger partial charge is 0.491 e. The number of epoxide rings is 3. The number of carbonyl (C=O) groups is 3. The van der Waals surface area contributed by atoms with Crippen LogP contribution < -0.4 is 14.2 Å². The fourth-order valence-electron chi connectivity index (χ4n) is 4.06. The Morgan fingerprint density at radius 3 is 1.00 bits per heavy atom. The molecule has 6 rings (SSSR count). The summed E-state index contributed by atoms with van der Waals surface area (Å²) in [5.74, 6) is -1.63. The third kappa shape index (κ3) is 6.74. The summed E-state index contributed by atoms with van der Waals surface area (Å²) in [4.78, 5) is 41.1. The number of ketones is 3. The molecule has 9 heteroatoms. The van der Waals surface area contributed by atoms with Crippen molar-refractivity contribution >= 4 is 17.3 Å². The van der Waals surface area contributed by atoms with E-state index in [-0.39, 0.29) is 35.0 Å². The van der Waals surface area contributed by atoms with Gasteiger partial charge in [-0.15, -0.1) is 0 Å². The third-order valence-corrected chi connectivity index (χ3v) is 6.72. The smallest absolute Gasteiger partial charge is 0.181 e. The molecule has 0 saturated carbocycles. The second-order valence-corrected chi connectivity index (χ2v) is 9.90. The predicted octanol–water partition coefficient (Wildman–Crippen LogP) is 3.58. The Balaban J connectivity index is 1.21. The molecule has 0 radical (unpaired) electrons. The highest BCUT2D eigenvalue weighted by Crippen LogP contribution is 2.25. The lowest BCUT2D eigenvalue weighted by Gasteiger charge is -2.16. The quantitative estimate of drug-likeness (QED) is 0.161. The molecule has 3 aliphatic rings. The first kappa shape index (κ1) is 26.2. The first-order chi connectivity index (χ1) is 19.5. The number of ether oxygens (including phenoxy) is 6. The minimum atomic E-state index is -1.56. The summed E-state index contributed by atoms with van der Waals surface area (Å²) in [5.41, 5.74) is 0.696. The zero-order valence-electron chi connectivity index (χ0n) is 21.7. The zero-order valence-corrected chi connectivity index (χ0v) is 21.7. The Hall–Kier alpha value is -4.05. The average Bonchev–Trinajstić information content (AvgIpc) is 3.82. The molecule has 3 atom stereocenters. The second kappa shape index (κ2) is 11.6. The van der Waals surface area contributed by atoms with Gasteiger partial charge in [-0.05, 0) is 72.8 Å². The summed E-state index contributed by atoms with van der Waals surface area (Å²) < 4.78 is 32.4. The van der Waals surface area contributed by atoms with Gasteiger partial charge < -0.3 is 28.4 Å². The average molecular weight is 545 g/mol. The first-order valence-electron chi connectivity index (χ1n) is 13.2.